The molecule has 114 valence electrons. The topological polar surface area (TPSA) is 60.2 Å². The molecule has 0 saturated heterocycles. The van der Waals surface area contributed by atoms with E-state index < -0.39 is 0 Å². The Hall–Kier alpha value is -1.14. The van der Waals surface area contributed by atoms with Crippen molar-refractivity contribution in [2.75, 3.05) is 7.11 Å². The maximum atomic E-state index is 6.34. The first kappa shape index (κ1) is 16.2. The van der Waals surface area contributed by atoms with Crippen LogP contribution >= 0.6 is 22.9 Å². The molecule has 3 N–H and O–H groups in total. The number of thiophene rings is 1. The number of ether oxygens (including phenoxy) is 1. The third-order valence-corrected chi connectivity index (χ3v) is 5.42. The first-order valence-corrected chi connectivity index (χ1v) is 7.94. The highest BCUT2D eigenvalue weighted by Gasteiger charge is 2.20. The zero-order valence-electron chi connectivity index (χ0n) is 12.7. The van der Waals surface area contributed by atoms with Crippen LogP contribution in [0.4, 0.5) is 0 Å². The molecule has 0 amide bonds. The molecule has 0 aliphatic heterocycles. The number of hydrogen-bond acceptors (Lipinski definition) is 5. The second kappa shape index (κ2) is 6.75. The number of aromatic nitrogens is 1. The molecule has 2 aromatic heterocycles. The average molecular weight is 326 g/mol. The van der Waals surface area contributed by atoms with Gasteiger partial charge in [0.2, 0.25) is 0 Å². The number of pyridine rings is 1. The van der Waals surface area contributed by atoms with Crippen molar-refractivity contribution >= 4 is 22.9 Å². The Morgan fingerprint density at radius 2 is 2.10 bits per heavy atom. The van der Waals surface area contributed by atoms with Crippen molar-refractivity contribution in [1.29, 1.82) is 0 Å². The molecule has 21 heavy (non-hydrogen) atoms. The van der Waals surface area contributed by atoms with Crippen molar-refractivity contribution in [3.05, 3.63) is 43.9 Å². The molecular formula is C15H20ClN3OS. The summed E-state index contributed by atoms with van der Waals surface area (Å²) in [4.78, 5) is 5.56. The summed E-state index contributed by atoms with van der Waals surface area (Å²) < 4.78 is 5.45. The van der Waals surface area contributed by atoms with Crippen LogP contribution in [-0.2, 0) is 6.42 Å². The van der Waals surface area contributed by atoms with Crippen LogP contribution in [0.2, 0.25) is 5.02 Å². The van der Waals surface area contributed by atoms with Crippen LogP contribution in [0, 0.1) is 20.8 Å². The van der Waals surface area contributed by atoms with Gasteiger partial charge in [-0.2, -0.15) is 0 Å². The minimum atomic E-state index is -0.0604. The molecule has 6 heteroatoms. The molecule has 0 bridgehead atoms. The Balaban J connectivity index is 2.33. The monoisotopic (exact) mass is 325 g/mol. The number of nitrogens with zero attached hydrogens (tertiary/aromatic N) is 1. The van der Waals surface area contributed by atoms with Crippen LogP contribution in [0.15, 0.2) is 11.6 Å². The van der Waals surface area contributed by atoms with E-state index in [1.165, 1.54) is 0 Å². The van der Waals surface area contributed by atoms with E-state index in [9.17, 15) is 0 Å². The second-order valence-electron chi connectivity index (χ2n) is 5.07. The Bertz CT molecular complexity index is 642. The van der Waals surface area contributed by atoms with E-state index in [4.69, 9.17) is 22.2 Å². The third-order valence-electron chi connectivity index (χ3n) is 3.59. The van der Waals surface area contributed by atoms with Gasteiger partial charge in [0.25, 0.3) is 0 Å². The van der Waals surface area contributed by atoms with Crippen LogP contribution in [0.1, 0.15) is 33.3 Å². The Labute approximate surface area is 134 Å². The summed E-state index contributed by atoms with van der Waals surface area (Å²) in [6.45, 7) is 6.00. The number of halogens is 1. The van der Waals surface area contributed by atoms with Crippen molar-refractivity contribution in [2.24, 2.45) is 5.84 Å². The molecule has 0 aliphatic rings. The van der Waals surface area contributed by atoms with Crippen molar-refractivity contribution < 1.29 is 4.74 Å². The third kappa shape index (κ3) is 3.21. The van der Waals surface area contributed by atoms with Crippen LogP contribution in [0.5, 0.6) is 5.75 Å². The predicted octanol–water partition coefficient (Wildman–Crippen LogP) is 3.48. The fraction of sp³-hybridized carbons (Fsp3) is 0.400. The molecule has 0 aromatic carbocycles. The van der Waals surface area contributed by atoms with Gasteiger partial charge in [0.1, 0.15) is 5.75 Å². The molecule has 0 aliphatic carbocycles. The van der Waals surface area contributed by atoms with Gasteiger partial charge in [-0.15, -0.1) is 11.3 Å². The Morgan fingerprint density at radius 1 is 1.38 bits per heavy atom. The van der Waals surface area contributed by atoms with E-state index in [-0.39, 0.29) is 6.04 Å². The van der Waals surface area contributed by atoms with Gasteiger partial charge < -0.3 is 4.74 Å². The maximum Gasteiger partial charge on any atom is 0.128 e. The van der Waals surface area contributed by atoms with Crippen LogP contribution in [0.3, 0.4) is 0 Å². The number of rotatable bonds is 5. The largest absolute Gasteiger partial charge is 0.496 e. The summed E-state index contributed by atoms with van der Waals surface area (Å²) in [5.41, 5.74) is 6.95. The van der Waals surface area contributed by atoms with E-state index in [1.807, 2.05) is 32.3 Å². The molecule has 1 unspecified atom stereocenters. The fourth-order valence-corrected chi connectivity index (χ4v) is 3.77. The molecular weight excluding hydrogens is 306 g/mol. The van der Waals surface area contributed by atoms with Gasteiger partial charge in [0.15, 0.2) is 0 Å². The van der Waals surface area contributed by atoms with E-state index in [0.29, 0.717) is 6.42 Å². The van der Waals surface area contributed by atoms with Crippen LogP contribution in [-0.4, -0.2) is 12.1 Å². The molecule has 1 atom stereocenters. The van der Waals surface area contributed by atoms with Crippen molar-refractivity contribution in [3.8, 4) is 5.75 Å². The molecule has 2 aromatic rings. The lowest BCUT2D eigenvalue weighted by Crippen LogP contribution is -2.29. The lowest BCUT2D eigenvalue weighted by atomic mass is 10.0. The summed E-state index contributed by atoms with van der Waals surface area (Å²) in [5, 5.41) is 2.82. The average Bonchev–Trinajstić information content (AvgIpc) is 2.79. The zero-order chi connectivity index (χ0) is 15.6. The van der Waals surface area contributed by atoms with Gasteiger partial charge in [0, 0.05) is 34.3 Å². The Morgan fingerprint density at radius 3 is 2.62 bits per heavy atom. The van der Waals surface area contributed by atoms with Gasteiger partial charge in [0.05, 0.1) is 18.2 Å². The molecule has 2 rings (SSSR count). The lowest BCUT2D eigenvalue weighted by molar-refractivity contribution is 0.406. The molecule has 0 saturated carbocycles. The molecule has 2 heterocycles. The summed E-state index contributed by atoms with van der Waals surface area (Å²) in [6.07, 6.45) is 2.49. The smallest absolute Gasteiger partial charge is 0.128 e. The minimum Gasteiger partial charge on any atom is -0.496 e. The maximum absolute atomic E-state index is 6.34. The zero-order valence-corrected chi connectivity index (χ0v) is 14.2. The summed E-state index contributed by atoms with van der Waals surface area (Å²) in [7, 11) is 1.68. The molecule has 0 spiro atoms. The van der Waals surface area contributed by atoms with Crippen molar-refractivity contribution in [3.63, 3.8) is 0 Å². The SMILES string of the molecule is COc1c(C)cnc(CC(NN)c2scc(C)c2Cl)c1C. The van der Waals surface area contributed by atoms with Gasteiger partial charge in [-0.25, -0.2) is 0 Å². The number of nitrogens with one attached hydrogen (secondary N) is 1. The van der Waals surface area contributed by atoms with Crippen LogP contribution < -0.4 is 16.0 Å². The van der Waals surface area contributed by atoms with Gasteiger partial charge in [-0.3, -0.25) is 16.3 Å². The van der Waals surface area contributed by atoms with Crippen molar-refractivity contribution in [2.45, 2.75) is 33.2 Å². The highest BCUT2D eigenvalue weighted by atomic mass is 35.5. The number of hydrogen-bond donors (Lipinski definition) is 2. The normalized spacial score (nSPS) is 12.5. The van der Waals surface area contributed by atoms with Crippen LogP contribution in [0.25, 0.3) is 0 Å². The van der Waals surface area contributed by atoms with Gasteiger partial charge in [-0.1, -0.05) is 11.6 Å². The lowest BCUT2D eigenvalue weighted by Gasteiger charge is -2.18. The first-order chi connectivity index (χ1) is 9.99. The number of nitrogens with two attached hydrogens (primary N) is 1. The van der Waals surface area contributed by atoms with E-state index >= 15 is 0 Å². The van der Waals surface area contributed by atoms with Gasteiger partial charge >= 0.3 is 0 Å². The summed E-state index contributed by atoms with van der Waals surface area (Å²) in [6, 6.07) is -0.0604. The highest BCUT2D eigenvalue weighted by Crippen LogP contribution is 2.34. The highest BCUT2D eigenvalue weighted by molar-refractivity contribution is 7.10. The predicted molar refractivity (Wildman–Crippen MR) is 88.1 cm³/mol. The molecule has 0 radical (unpaired) electrons. The molecule has 4 nitrogen and oxygen atoms in total. The van der Waals surface area contributed by atoms with Gasteiger partial charge in [-0.05, 0) is 31.7 Å². The number of hydrazine groups is 1. The second-order valence-corrected chi connectivity index (χ2v) is 6.36. The minimum absolute atomic E-state index is 0.0604. The number of aryl methyl sites for hydroxylation is 2. The summed E-state index contributed by atoms with van der Waals surface area (Å²) in [5.74, 6) is 6.60. The fourth-order valence-electron chi connectivity index (χ4n) is 2.38. The molecule has 0 fully saturated rings. The number of methoxy groups -OCH3 is 1. The van der Waals surface area contributed by atoms with E-state index in [2.05, 4.69) is 10.4 Å². The summed E-state index contributed by atoms with van der Waals surface area (Å²) >= 11 is 7.96. The first-order valence-electron chi connectivity index (χ1n) is 6.68. The van der Waals surface area contributed by atoms with E-state index in [0.717, 1.165) is 38.0 Å². The standard InChI is InChI=1S/C15H20ClN3OS/c1-8-6-18-11(10(3)14(8)20-4)5-12(19-17)15-13(16)9(2)7-21-15/h6-7,12,19H,5,17H2,1-4H3. The Kier molecular flexibility index (Phi) is 5.22. The van der Waals surface area contributed by atoms with Crippen molar-refractivity contribution in [1.82, 2.24) is 10.4 Å². The quantitative estimate of drug-likeness (QED) is 0.652. The van der Waals surface area contributed by atoms with E-state index in [1.54, 1.807) is 18.4 Å².